The molecular formula is C9H6FN3. The Morgan fingerprint density at radius 1 is 0.923 bits per heavy atom. The summed E-state index contributed by atoms with van der Waals surface area (Å²) in [6.07, 6.45) is 5.50. The molecule has 13 heavy (non-hydrogen) atoms. The maximum absolute atomic E-state index is 12.4. The van der Waals surface area contributed by atoms with Crippen molar-refractivity contribution >= 4 is 0 Å². The zero-order valence-electron chi connectivity index (χ0n) is 6.68. The summed E-state index contributed by atoms with van der Waals surface area (Å²) in [7, 11) is 0. The average molecular weight is 175 g/mol. The number of aromatic nitrogens is 3. The van der Waals surface area contributed by atoms with Crippen molar-refractivity contribution in [2.45, 2.75) is 0 Å². The van der Waals surface area contributed by atoms with Gasteiger partial charge < -0.3 is 0 Å². The lowest BCUT2D eigenvalue weighted by Gasteiger charge is -1.97. The van der Waals surface area contributed by atoms with Crippen LogP contribution in [0.5, 0.6) is 0 Å². The maximum Gasteiger partial charge on any atom is 0.308 e. The number of halogens is 1. The summed E-state index contributed by atoms with van der Waals surface area (Å²) < 4.78 is 12.4. The van der Waals surface area contributed by atoms with Gasteiger partial charge in [-0.2, -0.15) is 4.39 Å². The molecule has 0 unspecified atom stereocenters. The summed E-state index contributed by atoms with van der Waals surface area (Å²) in [6, 6.07) is 3.63. The Kier molecular flexibility index (Phi) is 1.96. The zero-order chi connectivity index (χ0) is 9.10. The molecule has 4 heteroatoms. The normalized spacial score (nSPS) is 9.92. The molecule has 2 rings (SSSR count). The molecule has 0 amide bonds. The molecule has 0 aliphatic heterocycles. The van der Waals surface area contributed by atoms with Crippen molar-refractivity contribution in [2.24, 2.45) is 0 Å². The van der Waals surface area contributed by atoms with Gasteiger partial charge in [0.1, 0.15) is 0 Å². The van der Waals surface area contributed by atoms with Crippen molar-refractivity contribution in [3.05, 3.63) is 43.0 Å². The molecule has 0 aromatic carbocycles. The molecule has 0 N–H and O–H groups in total. The van der Waals surface area contributed by atoms with Crippen molar-refractivity contribution in [2.75, 3.05) is 0 Å². The Morgan fingerprint density at radius 2 is 1.54 bits per heavy atom. The summed E-state index contributed by atoms with van der Waals surface area (Å²) in [5.74, 6) is 0. The maximum atomic E-state index is 12.4. The minimum absolute atomic E-state index is 0.710. The van der Waals surface area contributed by atoms with E-state index in [2.05, 4.69) is 15.0 Å². The molecule has 0 radical (unpaired) electrons. The topological polar surface area (TPSA) is 38.7 Å². The third-order valence-electron chi connectivity index (χ3n) is 1.63. The van der Waals surface area contributed by atoms with Crippen LogP contribution < -0.4 is 0 Å². The smallest absolute Gasteiger partial charge is 0.265 e. The van der Waals surface area contributed by atoms with Gasteiger partial charge in [0.05, 0.1) is 0 Å². The number of hydrogen-bond donors (Lipinski definition) is 0. The van der Waals surface area contributed by atoms with Crippen molar-refractivity contribution in [3.8, 4) is 11.1 Å². The van der Waals surface area contributed by atoms with Crippen LogP contribution >= 0.6 is 0 Å². The van der Waals surface area contributed by atoms with E-state index < -0.39 is 6.08 Å². The van der Waals surface area contributed by atoms with Crippen molar-refractivity contribution < 1.29 is 4.39 Å². The van der Waals surface area contributed by atoms with Gasteiger partial charge in [-0.1, -0.05) is 0 Å². The van der Waals surface area contributed by atoms with E-state index >= 15 is 0 Å². The lowest BCUT2D eigenvalue weighted by atomic mass is 10.1. The highest BCUT2D eigenvalue weighted by Crippen LogP contribution is 2.14. The molecule has 0 spiro atoms. The van der Waals surface area contributed by atoms with Gasteiger partial charge in [-0.05, 0) is 17.7 Å². The highest BCUT2D eigenvalue weighted by molar-refractivity contribution is 5.60. The van der Waals surface area contributed by atoms with Crippen LogP contribution in [0, 0.1) is 6.08 Å². The van der Waals surface area contributed by atoms with Gasteiger partial charge in [0.25, 0.3) is 0 Å². The quantitative estimate of drug-likeness (QED) is 0.619. The van der Waals surface area contributed by atoms with Crippen LogP contribution in [0.3, 0.4) is 0 Å². The van der Waals surface area contributed by atoms with Crippen LogP contribution in [0.4, 0.5) is 4.39 Å². The number of pyridine rings is 1. The fourth-order valence-corrected chi connectivity index (χ4v) is 1.01. The minimum atomic E-state index is -0.710. The highest BCUT2D eigenvalue weighted by atomic mass is 19.1. The summed E-state index contributed by atoms with van der Waals surface area (Å²) in [5.41, 5.74) is 1.71. The Hall–Kier alpha value is -1.84. The van der Waals surface area contributed by atoms with E-state index in [9.17, 15) is 4.39 Å². The van der Waals surface area contributed by atoms with E-state index in [4.69, 9.17) is 0 Å². The second-order valence-corrected chi connectivity index (χ2v) is 2.48. The van der Waals surface area contributed by atoms with Crippen LogP contribution in [0.2, 0.25) is 0 Å². The van der Waals surface area contributed by atoms with Gasteiger partial charge in [0.15, 0.2) is 0 Å². The van der Waals surface area contributed by atoms with Gasteiger partial charge in [0.2, 0.25) is 0 Å². The second-order valence-electron chi connectivity index (χ2n) is 2.48. The molecule has 2 aromatic rings. The van der Waals surface area contributed by atoms with Gasteiger partial charge in [-0.25, -0.2) is 9.97 Å². The average Bonchev–Trinajstić information content (AvgIpc) is 2.20. The van der Waals surface area contributed by atoms with Crippen LogP contribution in [0.1, 0.15) is 0 Å². The van der Waals surface area contributed by atoms with Gasteiger partial charge in [-0.3, -0.25) is 4.98 Å². The van der Waals surface area contributed by atoms with Gasteiger partial charge in [-0.15, -0.1) is 0 Å². The van der Waals surface area contributed by atoms with Crippen LogP contribution in [0.15, 0.2) is 36.9 Å². The summed E-state index contributed by atoms with van der Waals surface area (Å²) in [5, 5.41) is 0. The fraction of sp³-hybridized carbons (Fsp3) is 0. The third kappa shape index (κ3) is 1.66. The molecule has 3 nitrogen and oxygen atoms in total. The van der Waals surface area contributed by atoms with E-state index in [1.165, 1.54) is 12.4 Å². The number of rotatable bonds is 1. The first-order valence-electron chi connectivity index (χ1n) is 3.74. The summed E-state index contributed by atoms with van der Waals surface area (Å²) >= 11 is 0. The molecule has 2 heterocycles. The van der Waals surface area contributed by atoms with Gasteiger partial charge in [0, 0.05) is 30.4 Å². The fourth-order valence-electron chi connectivity index (χ4n) is 1.01. The predicted octanol–water partition coefficient (Wildman–Crippen LogP) is 1.68. The van der Waals surface area contributed by atoms with E-state index in [-0.39, 0.29) is 0 Å². The third-order valence-corrected chi connectivity index (χ3v) is 1.63. The monoisotopic (exact) mass is 175 g/mol. The molecule has 0 saturated carbocycles. The van der Waals surface area contributed by atoms with E-state index in [1.807, 2.05) is 12.1 Å². The molecule has 0 atom stereocenters. The molecule has 0 fully saturated rings. The van der Waals surface area contributed by atoms with Crippen molar-refractivity contribution in [3.63, 3.8) is 0 Å². The SMILES string of the molecule is Fc1ncc(-c2ccncc2)cn1. The Morgan fingerprint density at radius 3 is 2.15 bits per heavy atom. The molecular weight excluding hydrogens is 169 g/mol. The molecule has 0 saturated heterocycles. The first kappa shape index (κ1) is 7.79. The minimum Gasteiger partial charge on any atom is -0.265 e. The molecule has 64 valence electrons. The first-order valence-corrected chi connectivity index (χ1v) is 3.74. The van der Waals surface area contributed by atoms with Gasteiger partial charge >= 0.3 is 6.08 Å². The Balaban J connectivity index is 2.42. The Bertz CT molecular complexity index is 385. The molecule has 0 aliphatic carbocycles. The van der Waals surface area contributed by atoms with E-state index in [1.54, 1.807) is 12.4 Å². The second kappa shape index (κ2) is 3.26. The largest absolute Gasteiger partial charge is 0.308 e. The molecule has 0 aliphatic rings. The molecule has 0 bridgehead atoms. The lowest BCUT2D eigenvalue weighted by molar-refractivity contribution is 0.539. The zero-order valence-corrected chi connectivity index (χ0v) is 6.68. The Labute approximate surface area is 74.3 Å². The summed E-state index contributed by atoms with van der Waals surface area (Å²) in [4.78, 5) is 10.8. The summed E-state index contributed by atoms with van der Waals surface area (Å²) in [6.45, 7) is 0. The van der Waals surface area contributed by atoms with Crippen LogP contribution in [-0.4, -0.2) is 15.0 Å². The highest BCUT2D eigenvalue weighted by Gasteiger charge is 1.97. The standard InChI is InChI=1S/C9H6FN3/c10-9-12-5-8(6-13-9)7-1-3-11-4-2-7/h1-6H. The van der Waals surface area contributed by atoms with Crippen molar-refractivity contribution in [1.82, 2.24) is 15.0 Å². The predicted molar refractivity (Wildman–Crippen MR) is 45.2 cm³/mol. The van der Waals surface area contributed by atoms with Crippen LogP contribution in [0.25, 0.3) is 11.1 Å². The number of nitrogens with zero attached hydrogens (tertiary/aromatic N) is 3. The first-order chi connectivity index (χ1) is 6.36. The van der Waals surface area contributed by atoms with E-state index in [0.717, 1.165) is 11.1 Å². The lowest BCUT2D eigenvalue weighted by Crippen LogP contribution is -1.88. The number of hydrogen-bond acceptors (Lipinski definition) is 3. The van der Waals surface area contributed by atoms with Crippen molar-refractivity contribution in [1.29, 1.82) is 0 Å². The molecule has 2 aromatic heterocycles. The van der Waals surface area contributed by atoms with Crippen LogP contribution in [-0.2, 0) is 0 Å². The van der Waals surface area contributed by atoms with E-state index in [0.29, 0.717) is 0 Å².